The second kappa shape index (κ2) is 13.6. The van der Waals surface area contributed by atoms with Crippen molar-refractivity contribution in [1.82, 2.24) is 5.32 Å². The maximum Gasteiger partial charge on any atom is 0.336 e. The van der Waals surface area contributed by atoms with E-state index < -0.39 is 34.6 Å². The molecule has 35 heavy (non-hydrogen) atoms. The van der Waals surface area contributed by atoms with Crippen molar-refractivity contribution in [2.24, 2.45) is 16.6 Å². The molecule has 2 rings (SSSR count). The van der Waals surface area contributed by atoms with Crippen LogP contribution >= 0.6 is 11.8 Å². The van der Waals surface area contributed by atoms with E-state index in [1.807, 2.05) is 0 Å². The summed E-state index contributed by atoms with van der Waals surface area (Å²) in [5, 5.41) is 14.3. The third kappa shape index (κ3) is 7.62. The largest absolute Gasteiger partial charge is 0.465 e. The summed E-state index contributed by atoms with van der Waals surface area (Å²) >= 11 is 1.47. The zero-order valence-corrected chi connectivity index (χ0v) is 20.8. The standard InChI is InChI=1S/C23H30N4O7S/c1-4-33-22(29)19-14(3)26-17(13-35-10-9-25-12-18(24)28)21(23(30)34-5-2)20(19)15-7-6-8-16(11-15)27(31)32/h6-8,11,19-20,25H,4-5,9-10,12-13H2,1-3H3,(H2,24,28). The molecule has 0 spiro atoms. The molecule has 190 valence electrons. The Labute approximate surface area is 207 Å². The molecule has 1 aliphatic heterocycles. The molecular weight excluding hydrogens is 476 g/mol. The first kappa shape index (κ1) is 28.0. The number of nitrogens with one attached hydrogen (secondary N) is 1. The normalized spacial score (nSPS) is 17.5. The maximum atomic E-state index is 13.1. The van der Waals surface area contributed by atoms with Crippen molar-refractivity contribution in [2.75, 3.05) is 37.8 Å². The molecule has 0 radical (unpaired) electrons. The Hall–Kier alpha value is -3.25. The molecule has 1 aromatic rings. The van der Waals surface area contributed by atoms with E-state index in [-0.39, 0.29) is 31.0 Å². The van der Waals surface area contributed by atoms with E-state index >= 15 is 0 Å². The number of carbonyl (C=O) groups is 3. The van der Waals surface area contributed by atoms with Crippen LogP contribution in [0.4, 0.5) is 5.69 Å². The van der Waals surface area contributed by atoms with Crippen molar-refractivity contribution in [3.8, 4) is 0 Å². The van der Waals surface area contributed by atoms with Gasteiger partial charge in [0.1, 0.15) is 5.92 Å². The van der Waals surface area contributed by atoms with Crippen LogP contribution in [0.3, 0.4) is 0 Å². The zero-order chi connectivity index (χ0) is 26.0. The number of rotatable bonds is 13. The average Bonchev–Trinajstić information content (AvgIpc) is 2.80. The summed E-state index contributed by atoms with van der Waals surface area (Å²) in [6.07, 6.45) is 0. The molecule has 0 aliphatic carbocycles. The number of benzene rings is 1. The van der Waals surface area contributed by atoms with Gasteiger partial charge >= 0.3 is 11.9 Å². The van der Waals surface area contributed by atoms with Gasteiger partial charge in [-0.15, -0.1) is 0 Å². The fourth-order valence-electron chi connectivity index (χ4n) is 3.75. The highest BCUT2D eigenvalue weighted by molar-refractivity contribution is 7.99. The molecule has 0 aromatic heterocycles. The Balaban J connectivity index is 2.51. The van der Waals surface area contributed by atoms with Gasteiger partial charge in [0.25, 0.3) is 5.69 Å². The number of amides is 1. The quantitative estimate of drug-likeness (QED) is 0.176. The number of aliphatic imine (C=N–C) groups is 1. The number of thioether (sulfide) groups is 1. The molecular formula is C23H30N4O7S. The number of hydrogen-bond acceptors (Lipinski definition) is 10. The number of hydrogen-bond donors (Lipinski definition) is 2. The van der Waals surface area contributed by atoms with Crippen molar-refractivity contribution in [2.45, 2.75) is 26.7 Å². The molecule has 2 atom stereocenters. The van der Waals surface area contributed by atoms with Crippen LogP contribution in [-0.4, -0.2) is 66.3 Å². The Morgan fingerprint density at radius 1 is 1.23 bits per heavy atom. The SMILES string of the molecule is CCOC(=O)C1=C(CSCCNCC(N)=O)N=C(C)C(C(=O)OCC)C1c1cccc([N+](=O)[O-])c1. The minimum atomic E-state index is -0.942. The molecule has 0 saturated carbocycles. The number of nitrogens with two attached hydrogens (primary N) is 1. The van der Waals surface area contributed by atoms with Gasteiger partial charge in [-0.2, -0.15) is 11.8 Å². The van der Waals surface area contributed by atoms with Crippen molar-refractivity contribution in [1.29, 1.82) is 0 Å². The van der Waals surface area contributed by atoms with Gasteiger partial charge in [-0.1, -0.05) is 12.1 Å². The van der Waals surface area contributed by atoms with Gasteiger partial charge in [0.2, 0.25) is 5.91 Å². The van der Waals surface area contributed by atoms with E-state index in [4.69, 9.17) is 15.2 Å². The van der Waals surface area contributed by atoms with E-state index in [0.29, 0.717) is 35.0 Å². The topological polar surface area (TPSA) is 163 Å². The number of ether oxygens (including phenoxy) is 2. The lowest BCUT2D eigenvalue weighted by molar-refractivity contribution is -0.384. The second-order valence-electron chi connectivity index (χ2n) is 7.59. The number of nitrogens with zero attached hydrogens (tertiary/aromatic N) is 2. The van der Waals surface area contributed by atoms with Crippen LogP contribution in [0.2, 0.25) is 0 Å². The van der Waals surface area contributed by atoms with Crippen LogP contribution in [0.25, 0.3) is 0 Å². The van der Waals surface area contributed by atoms with Crippen LogP contribution in [0, 0.1) is 16.0 Å². The van der Waals surface area contributed by atoms with E-state index in [2.05, 4.69) is 10.3 Å². The fraction of sp³-hybridized carbons (Fsp3) is 0.478. The number of nitro groups is 1. The van der Waals surface area contributed by atoms with Gasteiger partial charge in [0.15, 0.2) is 0 Å². The Morgan fingerprint density at radius 3 is 2.57 bits per heavy atom. The highest BCUT2D eigenvalue weighted by atomic mass is 32.2. The molecule has 1 aromatic carbocycles. The average molecular weight is 507 g/mol. The van der Waals surface area contributed by atoms with Gasteiger partial charge in [0, 0.05) is 41.8 Å². The van der Waals surface area contributed by atoms with Gasteiger partial charge < -0.3 is 20.5 Å². The van der Waals surface area contributed by atoms with Crippen LogP contribution in [0.5, 0.6) is 0 Å². The van der Waals surface area contributed by atoms with Crippen molar-refractivity contribution in [3.63, 3.8) is 0 Å². The smallest absolute Gasteiger partial charge is 0.336 e. The number of carbonyl (C=O) groups excluding carboxylic acids is 3. The minimum absolute atomic E-state index is 0.0602. The first-order valence-electron chi connectivity index (χ1n) is 11.1. The number of non-ortho nitro benzene ring substituents is 1. The molecule has 0 bridgehead atoms. The highest BCUT2D eigenvalue weighted by Crippen LogP contribution is 2.41. The lowest BCUT2D eigenvalue weighted by Gasteiger charge is -2.32. The third-order valence-corrected chi connectivity index (χ3v) is 6.12. The summed E-state index contributed by atoms with van der Waals surface area (Å²) in [4.78, 5) is 52.4. The van der Waals surface area contributed by atoms with Crippen LogP contribution in [-0.2, 0) is 23.9 Å². The zero-order valence-electron chi connectivity index (χ0n) is 19.9. The Bertz CT molecular complexity index is 1020. The van der Waals surface area contributed by atoms with E-state index in [0.717, 1.165) is 0 Å². The number of primary amides is 1. The molecule has 1 aliphatic rings. The van der Waals surface area contributed by atoms with E-state index in [1.165, 1.54) is 30.0 Å². The third-order valence-electron chi connectivity index (χ3n) is 5.15. The molecule has 0 fully saturated rings. The molecule has 2 unspecified atom stereocenters. The lowest BCUT2D eigenvalue weighted by atomic mass is 9.75. The summed E-state index contributed by atoms with van der Waals surface area (Å²) in [5.41, 5.74) is 6.41. The predicted octanol–water partition coefficient (Wildman–Crippen LogP) is 1.96. The number of esters is 2. The first-order valence-corrected chi connectivity index (χ1v) is 12.3. The summed E-state index contributed by atoms with van der Waals surface area (Å²) in [7, 11) is 0. The molecule has 12 heteroatoms. The van der Waals surface area contributed by atoms with Gasteiger partial charge in [-0.25, -0.2) is 4.79 Å². The maximum absolute atomic E-state index is 13.1. The van der Waals surface area contributed by atoms with Gasteiger partial charge in [-0.05, 0) is 26.3 Å². The Kier molecular flexibility index (Phi) is 10.9. The van der Waals surface area contributed by atoms with Gasteiger partial charge in [-0.3, -0.25) is 24.7 Å². The molecule has 3 N–H and O–H groups in total. The van der Waals surface area contributed by atoms with E-state index in [9.17, 15) is 24.5 Å². The summed E-state index contributed by atoms with van der Waals surface area (Å²) in [6, 6.07) is 5.85. The van der Waals surface area contributed by atoms with Crippen LogP contribution < -0.4 is 11.1 Å². The van der Waals surface area contributed by atoms with Crippen molar-refractivity contribution >= 4 is 41.0 Å². The minimum Gasteiger partial charge on any atom is -0.465 e. The molecule has 0 saturated heterocycles. The number of nitro benzene ring substituents is 1. The fourth-order valence-corrected chi connectivity index (χ4v) is 4.59. The molecule has 1 heterocycles. The predicted molar refractivity (Wildman–Crippen MR) is 132 cm³/mol. The summed E-state index contributed by atoms with van der Waals surface area (Å²) in [5.74, 6) is -2.56. The Morgan fingerprint density at radius 2 is 1.94 bits per heavy atom. The molecule has 11 nitrogen and oxygen atoms in total. The van der Waals surface area contributed by atoms with Crippen molar-refractivity contribution < 1.29 is 28.8 Å². The van der Waals surface area contributed by atoms with Crippen LogP contribution in [0.1, 0.15) is 32.3 Å². The van der Waals surface area contributed by atoms with Crippen LogP contribution in [0.15, 0.2) is 40.5 Å². The summed E-state index contributed by atoms with van der Waals surface area (Å²) < 4.78 is 10.6. The second-order valence-corrected chi connectivity index (χ2v) is 8.69. The monoisotopic (exact) mass is 506 g/mol. The van der Waals surface area contributed by atoms with Gasteiger partial charge in [0.05, 0.1) is 36.0 Å². The molecule has 1 amide bonds. The summed E-state index contributed by atoms with van der Waals surface area (Å²) in [6.45, 7) is 5.82. The van der Waals surface area contributed by atoms with E-state index in [1.54, 1.807) is 26.8 Å². The highest BCUT2D eigenvalue weighted by Gasteiger charge is 2.43. The van der Waals surface area contributed by atoms with Crippen molar-refractivity contribution in [3.05, 3.63) is 51.2 Å². The first-order chi connectivity index (χ1) is 16.7. The lowest BCUT2D eigenvalue weighted by Crippen LogP contribution is -2.37.